The lowest BCUT2D eigenvalue weighted by molar-refractivity contribution is -0.141. The van der Waals surface area contributed by atoms with Crippen molar-refractivity contribution < 1.29 is 9.90 Å². The predicted octanol–water partition coefficient (Wildman–Crippen LogP) is 0.781. The van der Waals surface area contributed by atoms with Gasteiger partial charge in [-0.25, -0.2) is 0 Å². The van der Waals surface area contributed by atoms with Crippen LogP contribution in [0.1, 0.15) is 25.7 Å². The van der Waals surface area contributed by atoms with Crippen molar-refractivity contribution in [3.05, 3.63) is 0 Å². The highest BCUT2D eigenvalue weighted by atomic mass is 16.4. The zero-order chi connectivity index (χ0) is 11.3. The van der Waals surface area contributed by atoms with E-state index in [-0.39, 0.29) is 6.04 Å². The zero-order valence-corrected chi connectivity index (χ0v) is 9.70. The van der Waals surface area contributed by atoms with Gasteiger partial charge in [0.25, 0.3) is 0 Å². The van der Waals surface area contributed by atoms with Gasteiger partial charge in [-0.05, 0) is 32.9 Å². The van der Waals surface area contributed by atoms with E-state index in [2.05, 4.69) is 10.2 Å². The maximum absolute atomic E-state index is 11.1. The Kier molecular flexibility index (Phi) is 5.05. The Balaban J connectivity index is 2.33. The van der Waals surface area contributed by atoms with E-state index in [0.717, 1.165) is 25.9 Å². The van der Waals surface area contributed by atoms with E-state index in [0.29, 0.717) is 5.92 Å². The number of likely N-dealkylation sites (N-methyl/N-ethyl adjacent to an activating group) is 1. The topological polar surface area (TPSA) is 52.6 Å². The third kappa shape index (κ3) is 4.18. The minimum atomic E-state index is -0.694. The number of nitrogens with one attached hydrogen (secondary N) is 1. The molecule has 15 heavy (non-hydrogen) atoms. The van der Waals surface area contributed by atoms with Crippen LogP contribution in [0.15, 0.2) is 0 Å². The summed E-state index contributed by atoms with van der Waals surface area (Å²) in [4.78, 5) is 13.1. The molecule has 0 aromatic heterocycles. The summed E-state index contributed by atoms with van der Waals surface area (Å²) in [6, 6.07) is -0.340. The zero-order valence-electron chi connectivity index (χ0n) is 9.70. The highest BCUT2D eigenvalue weighted by Crippen LogP contribution is 2.27. The van der Waals surface area contributed by atoms with Gasteiger partial charge < -0.3 is 15.3 Å². The molecule has 1 fully saturated rings. The minimum Gasteiger partial charge on any atom is -0.480 e. The number of aliphatic carboxylic acids is 1. The average molecular weight is 214 g/mol. The first-order chi connectivity index (χ1) is 7.11. The number of hydrogen-bond donors (Lipinski definition) is 2. The molecule has 1 aliphatic carbocycles. The molecule has 0 saturated heterocycles. The van der Waals surface area contributed by atoms with Crippen molar-refractivity contribution in [2.24, 2.45) is 5.92 Å². The van der Waals surface area contributed by atoms with Crippen molar-refractivity contribution in [1.82, 2.24) is 10.2 Å². The van der Waals surface area contributed by atoms with Crippen LogP contribution in [-0.2, 0) is 4.79 Å². The second kappa shape index (κ2) is 6.08. The van der Waals surface area contributed by atoms with Gasteiger partial charge in [-0.15, -0.1) is 0 Å². The van der Waals surface area contributed by atoms with E-state index in [1.165, 1.54) is 12.8 Å². The lowest BCUT2D eigenvalue weighted by atomic mass is 9.98. The first-order valence-electron chi connectivity index (χ1n) is 5.72. The van der Waals surface area contributed by atoms with Gasteiger partial charge in [0.05, 0.1) is 0 Å². The molecule has 1 atom stereocenters. The third-order valence-corrected chi connectivity index (χ3v) is 3.06. The number of nitrogens with zero attached hydrogens (tertiary/aromatic N) is 1. The molecule has 1 unspecified atom stereocenters. The molecule has 1 saturated carbocycles. The largest absolute Gasteiger partial charge is 0.480 e. The predicted molar refractivity (Wildman–Crippen MR) is 59.9 cm³/mol. The summed E-state index contributed by atoms with van der Waals surface area (Å²) in [6.07, 6.45) is 4.49. The maximum atomic E-state index is 11.1. The van der Waals surface area contributed by atoms with Gasteiger partial charge in [0.1, 0.15) is 6.04 Å². The number of hydrogen-bond acceptors (Lipinski definition) is 3. The molecule has 0 aromatic rings. The fourth-order valence-electron chi connectivity index (χ4n) is 2.19. The van der Waals surface area contributed by atoms with E-state index in [9.17, 15) is 4.79 Å². The molecule has 4 nitrogen and oxygen atoms in total. The lowest BCUT2D eigenvalue weighted by Crippen LogP contribution is -2.44. The summed E-state index contributed by atoms with van der Waals surface area (Å²) in [5, 5.41) is 12.3. The van der Waals surface area contributed by atoms with Gasteiger partial charge in [-0.2, -0.15) is 0 Å². The lowest BCUT2D eigenvalue weighted by Gasteiger charge is -2.21. The molecule has 1 rings (SSSR count). The first-order valence-corrected chi connectivity index (χ1v) is 5.72. The van der Waals surface area contributed by atoms with Crippen molar-refractivity contribution in [3.63, 3.8) is 0 Å². The Hall–Kier alpha value is -0.610. The molecular formula is C11H22N2O2. The van der Waals surface area contributed by atoms with Crippen LogP contribution in [-0.4, -0.2) is 49.2 Å². The summed E-state index contributed by atoms with van der Waals surface area (Å²) in [5.74, 6) is -0.356. The van der Waals surface area contributed by atoms with Crippen molar-refractivity contribution >= 4 is 5.97 Å². The second-order valence-electron chi connectivity index (χ2n) is 4.62. The Bertz CT molecular complexity index is 201. The molecule has 88 valence electrons. The van der Waals surface area contributed by atoms with Crippen molar-refractivity contribution in [1.29, 1.82) is 0 Å². The van der Waals surface area contributed by atoms with Crippen LogP contribution in [0, 0.1) is 5.92 Å². The Morgan fingerprint density at radius 3 is 2.53 bits per heavy atom. The normalized spacial score (nSPS) is 19.7. The van der Waals surface area contributed by atoms with Crippen LogP contribution in [0.4, 0.5) is 0 Å². The molecule has 0 aromatic carbocycles. The molecule has 0 radical (unpaired) electrons. The number of carboxylic acid groups (broad SMARTS) is 1. The maximum Gasteiger partial charge on any atom is 0.320 e. The molecule has 0 amide bonds. The van der Waals surface area contributed by atoms with E-state index in [4.69, 9.17) is 5.11 Å². The molecular weight excluding hydrogens is 192 g/mol. The Labute approximate surface area is 91.6 Å². The van der Waals surface area contributed by atoms with Crippen LogP contribution in [0.3, 0.4) is 0 Å². The van der Waals surface area contributed by atoms with Gasteiger partial charge in [-0.1, -0.05) is 12.8 Å². The molecule has 0 heterocycles. The second-order valence-corrected chi connectivity index (χ2v) is 4.62. The SMILES string of the molecule is CN(C)CCNC(C(=O)O)C1CCCC1. The molecule has 0 aliphatic heterocycles. The Morgan fingerprint density at radius 2 is 2.07 bits per heavy atom. The van der Waals surface area contributed by atoms with E-state index < -0.39 is 5.97 Å². The van der Waals surface area contributed by atoms with E-state index in [1.54, 1.807) is 0 Å². The molecule has 2 N–H and O–H groups in total. The molecule has 0 spiro atoms. The summed E-state index contributed by atoms with van der Waals surface area (Å²) in [6.45, 7) is 1.64. The van der Waals surface area contributed by atoms with Gasteiger partial charge in [0.15, 0.2) is 0 Å². The van der Waals surface area contributed by atoms with Gasteiger partial charge in [0, 0.05) is 13.1 Å². The molecule has 0 bridgehead atoms. The molecule has 4 heteroatoms. The van der Waals surface area contributed by atoms with Crippen molar-refractivity contribution in [2.45, 2.75) is 31.7 Å². The number of carboxylic acids is 1. The van der Waals surface area contributed by atoms with Crippen LogP contribution in [0.25, 0.3) is 0 Å². The molecule has 1 aliphatic rings. The van der Waals surface area contributed by atoms with Gasteiger partial charge in [0.2, 0.25) is 0 Å². The smallest absolute Gasteiger partial charge is 0.320 e. The summed E-state index contributed by atoms with van der Waals surface area (Å²) >= 11 is 0. The van der Waals surface area contributed by atoms with Crippen molar-refractivity contribution in [2.75, 3.05) is 27.2 Å². The number of rotatable bonds is 6. The third-order valence-electron chi connectivity index (χ3n) is 3.06. The van der Waals surface area contributed by atoms with Crippen LogP contribution < -0.4 is 5.32 Å². The first kappa shape index (κ1) is 12.5. The van der Waals surface area contributed by atoms with Gasteiger partial charge >= 0.3 is 5.97 Å². The van der Waals surface area contributed by atoms with E-state index >= 15 is 0 Å². The highest BCUT2D eigenvalue weighted by Gasteiger charge is 2.29. The van der Waals surface area contributed by atoms with Crippen molar-refractivity contribution in [3.8, 4) is 0 Å². The fraction of sp³-hybridized carbons (Fsp3) is 0.909. The summed E-state index contributed by atoms with van der Waals surface area (Å²) in [5.41, 5.74) is 0. The van der Waals surface area contributed by atoms with E-state index in [1.807, 2.05) is 14.1 Å². The summed E-state index contributed by atoms with van der Waals surface area (Å²) in [7, 11) is 3.99. The van der Waals surface area contributed by atoms with Crippen LogP contribution >= 0.6 is 0 Å². The standard InChI is InChI=1S/C11H22N2O2/c1-13(2)8-7-12-10(11(14)15)9-5-3-4-6-9/h9-10,12H,3-8H2,1-2H3,(H,14,15). The average Bonchev–Trinajstić information content (AvgIpc) is 2.63. The van der Waals surface area contributed by atoms with Gasteiger partial charge in [-0.3, -0.25) is 4.79 Å². The highest BCUT2D eigenvalue weighted by molar-refractivity contribution is 5.73. The monoisotopic (exact) mass is 214 g/mol. The van der Waals surface area contributed by atoms with Crippen LogP contribution in [0.2, 0.25) is 0 Å². The Morgan fingerprint density at radius 1 is 1.47 bits per heavy atom. The number of carbonyl (C=O) groups is 1. The minimum absolute atomic E-state index is 0.338. The summed E-state index contributed by atoms with van der Waals surface area (Å²) < 4.78 is 0. The quantitative estimate of drug-likeness (QED) is 0.686. The van der Waals surface area contributed by atoms with Crippen LogP contribution in [0.5, 0.6) is 0 Å². The fourth-order valence-corrected chi connectivity index (χ4v) is 2.19.